The van der Waals surface area contributed by atoms with Gasteiger partial charge < -0.3 is 20.7 Å². The van der Waals surface area contributed by atoms with E-state index in [4.69, 9.17) is 16.3 Å². The van der Waals surface area contributed by atoms with Crippen LogP contribution in [0.5, 0.6) is 5.75 Å². The Morgan fingerprint density at radius 2 is 2.04 bits per heavy atom. The van der Waals surface area contributed by atoms with Crippen LogP contribution in [0.25, 0.3) is 0 Å². The van der Waals surface area contributed by atoms with Gasteiger partial charge in [0, 0.05) is 24.7 Å². The Hall–Kier alpha value is -1.75. The lowest BCUT2D eigenvalue weighted by atomic mass is 10.3. The van der Waals surface area contributed by atoms with E-state index in [0.29, 0.717) is 30.6 Å². The summed E-state index contributed by atoms with van der Waals surface area (Å²) in [6, 6.07) is 6.81. The first kappa shape index (κ1) is 23.3. The highest BCUT2D eigenvalue weighted by Crippen LogP contribution is 2.16. The van der Waals surface area contributed by atoms with E-state index >= 15 is 0 Å². The van der Waals surface area contributed by atoms with E-state index in [1.54, 1.807) is 12.1 Å². The van der Waals surface area contributed by atoms with Crippen molar-refractivity contribution < 1.29 is 14.3 Å². The molecule has 1 aliphatic heterocycles. The van der Waals surface area contributed by atoms with Gasteiger partial charge in [-0.2, -0.15) is 0 Å². The maximum Gasteiger partial charge on any atom is 0.324 e. The highest BCUT2D eigenvalue weighted by molar-refractivity contribution is 14.0. The number of hydrogen-bond donors (Lipinski definition) is 3. The Morgan fingerprint density at radius 3 is 2.63 bits per heavy atom. The molecule has 3 N–H and O–H groups in total. The van der Waals surface area contributed by atoms with Crippen LogP contribution in [-0.2, 0) is 4.79 Å². The standard InChI is InChI=1S/C17H24ClN5O3.HI/c1-3-19-16(20-8-9-23-15(24)11-22-17(23)25)21-10-12(2)26-14-6-4-13(18)5-7-14;/h4-7,12H,3,8-11H2,1-2H3,(H,22,25)(H2,19,20,21);1H. The van der Waals surface area contributed by atoms with E-state index in [-0.39, 0.29) is 55.1 Å². The monoisotopic (exact) mass is 509 g/mol. The number of carbonyl (C=O) groups is 2. The van der Waals surface area contributed by atoms with E-state index in [9.17, 15) is 9.59 Å². The smallest absolute Gasteiger partial charge is 0.324 e. The lowest BCUT2D eigenvalue weighted by molar-refractivity contribution is -0.124. The average Bonchev–Trinajstić information content (AvgIpc) is 2.93. The number of guanidine groups is 1. The fourth-order valence-electron chi connectivity index (χ4n) is 2.31. The van der Waals surface area contributed by atoms with E-state index in [0.717, 1.165) is 5.75 Å². The molecule has 0 spiro atoms. The lowest BCUT2D eigenvalue weighted by Gasteiger charge is -2.17. The van der Waals surface area contributed by atoms with E-state index in [1.807, 2.05) is 26.0 Å². The van der Waals surface area contributed by atoms with Gasteiger partial charge in [0.15, 0.2) is 5.96 Å². The fraction of sp³-hybridized carbons (Fsp3) is 0.471. The van der Waals surface area contributed by atoms with Crippen LogP contribution in [0.3, 0.4) is 0 Å². The zero-order chi connectivity index (χ0) is 18.9. The zero-order valence-corrected chi connectivity index (χ0v) is 18.4. The van der Waals surface area contributed by atoms with Gasteiger partial charge in [-0.3, -0.25) is 9.69 Å². The first-order chi connectivity index (χ1) is 12.5. The van der Waals surface area contributed by atoms with Gasteiger partial charge in [0.25, 0.3) is 0 Å². The number of aliphatic imine (C=N–C) groups is 1. The van der Waals surface area contributed by atoms with Crippen molar-refractivity contribution in [2.24, 2.45) is 4.99 Å². The summed E-state index contributed by atoms with van der Waals surface area (Å²) >= 11 is 5.86. The van der Waals surface area contributed by atoms with E-state index in [2.05, 4.69) is 20.9 Å². The van der Waals surface area contributed by atoms with Crippen LogP contribution in [0.1, 0.15) is 13.8 Å². The summed E-state index contributed by atoms with van der Waals surface area (Å²) in [5, 5.41) is 9.37. The average molecular weight is 510 g/mol. The second-order valence-electron chi connectivity index (χ2n) is 5.73. The number of imide groups is 1. The van der Waals surface area contributed by atoms with Gasteiger partial charge >= 0.3 is 6.03 Å². The molecule has 1 unspecified atom stereocenters. The van der Waals surface area contributed by atoms with Crippen molar-refractivity contribution in [2.75, 3.05) is 32.7 Å². The Bertz CT molecular complexity index is 640. The molecule has 0 radical (unpaired) electrons. The van der Waals surface area contributed by atoms with Crippen molar-refractivity contribution in [1.29, 1.82) is 0 Å². The Morgan fingerprint density at radius 1 is 1.33 bits per heavy atom. The number of benzene rings is 1. The molecule has 150 valence electrons. The minimum absolute atomic E-state index is 0. The van der Waals surface area contributed by atoms with Crippen molar-refractivity contribution in [3.8, 4) is 5.75 Å². The molecule has 1 aromatic rings. The van der Waals surface area contributed by atoms with Crippen molar-refractivity contribution in [1.82, 2.24) is 20.9 Å². The van der Waals surface area contributed by atoms with Crippen molar-refractivity contribution in [3.05, 3.63) is 29.3 Å². The van der Waals surface area contributed by atoms with Crippen molar-refractivity contribution in [2.45, 2.75) is 20.0 Å². The minimum atomic E-state index is -0.358. The molecule has 1 fully saturated rings. The second-order valence-corrected chi connectivity index (χ2v) is 6.17. The maximum atomic E-state index is 11.5. The highest BCUT2D eigenvalue weighted by atomic mass is 127. The molecule has 0 aliphatic carbocycles. The van der Waals surface area contributed by atoms with Gasteiger partial charge in [-0.1, -0.05) is 11.6 Å². The quantitative estimate of drug-likeness (QED) is 0.215. The third-order valence-electron chi connectivity index (χ3n) is 3.57. The van der Waals surface area contributed by atoms with Crippen LogP contribution < -0.4 is 20.7 Å². The van der Waals surface area contributed by atoms with Crippen LogP contribution >= 0.6 is 35.6 Å². The first-order valence-corrected chi connectivity index (χ1v) is 8.90. The minimum Gasteiger partial charge on any atom is -0.489 e. The third kappa shape index (κ3) is 7.79. The molecule has 0 aromatic heterocycles. The summed E-state index contributed by atoms with van der Waals surface area (Å²) in [5.41, 5.74) is 0. The van der Waals surface area contributed by atoms with Gasteiger partial charge in [-0.05, 0) is 38.1 Å². The summed E-state index contributed by atoms with van der Waals surface area (Å²) < 4.78 is 5.78. The molecule has 1 saturated heterocycles. The summed E-state index contributed by atoms with van der Waals surface area (Å²) in [5.74, 6) is 1.11. The van der Waals surface area contributed by atoms with Crippen LogP contribution in [0.4, 0.5) is 4.79 Å². The number of amides is 3. The first-order valence-electron chi connectivity index (χ1n) is 8.52. The molecule has 1 aliphatic rings. The fourth-order valence-corrected chi connectivity index (χ4v) is 2.44. The van der Waals surface area contributed by atoms with Gasteiger partial charge in [-0.15, -0.1) is 24.0 Å². The molecule has 27 heavy (non-hydrogen) atoms. The number of rotatable bonds is 8. The van der Waals surface area contributed by atoms with Crippen LogP contribution in [-0.4, -0.2) is 61.6 Å². The predicted molar refractivity (Wildman–Crippen MR) is 116 cm³/mol. The topological polar surface area (TPSA) is 95.1 Å². The normalized spacial score (nSPS) is 15.1. The van der Waals surface area contributed by atoms with Gasteiger partial charge in [0.1, 0.15) is 11.9 Å². The van der Waals surface area contributed by atoms with Crippen LogP contribution in [0.2, 0.25) is 5.02 Å². The molecule has 10 heteroatoms. The largest absolute Gasteiger partial charge is 0.489 e. The Labute approximate surface area is 181 Å². The molecule has 1 aromatic carbocycles. The Kier molecular flexibility index (Phi) is 10.2. The lowest BCUT2D eigenvalue weighted by Crippen LogP contribution is -2.43. The van der Waals surface area contributed by atoms with E-state index < -0.39 is 0 Å². The molecule has 0 saturated carbocycles. The Balaban J connectivity index is 0.00000364. The number of urea groups is 1. The van der Waals surface area contributed by atoms with Gasteiger partial charge in [-0.25, -0.2) is 9.79 Å². The van der Waals surface area contributed by atoms with Crippen LogP contribution in [0, 0.1) is 0 Å². The summed E-state index contributed by atoms with van der Waals surface area (Å²) in [7, 11) is 0. The zero-order valence-electron chi connectivity index (χ0n) is 15.3. The second kappa shape index (κ2) is 11.9. The molecule has 1 heterocycles. The predicted octanol–water partition coefficient (Wildman–Crippen LogP) is 1.83. The maximum absolute atomic E-state index is 11.5. The molecular weight excluding hydrogens is 485 g/mol. The van der Waals surface area contributed by atoms with E-state index in [1.165, 1.54) is 4.90 Å². The number of ether oxygens (including phenoxy) is 1. The number of carbonyl (C=O) groups excluding carboxylic acids is 2. The van der Waals surface area contributed by atoms with Crippen molar-refractivity contribution >= 4 is 53.5 Å². The molecule has 0 bridgehead atoms. The highest BCUT2D eigenvalue weighted by Gasteiger charge is 2.27. The molecular formula is C17H25ClIN5O3. The molecule has 2 rings (SSSR count). The number of hydrogen-bond acceptors (Lipinski definition) is 4. The van der Waals surface area contributed by atoms with Gasteiger partial charge in [0.2, 0.25) is 5.91 Å². The number of halogens is 2. The van der Waals surface area contributed by atoms with Gasteiger partial charge in [0.05, 0.1) is 13.1 Å². The summed E-state index contributed by atoms with van der Waals surface area (Å²) in [6.07, 6.45) is -0.127. The molecule has 3 amide bonds. The van der Waals surface area contributed by atoms with Crippen molar-refractivity contribution in [3.63, 3.8) is 0 Å². The summed E-state index contributed by atoms with van der Waals surface area (Å²) in [6.45, 7) is 5.79. The van der Waals surface area contributed by atoms with Crippen LogP contribution in [0.15, 0.2) is 29.3 Å². The SMILES string of the molecule is CCNC(=NCC(C)Oc1ccc(Cl)cc1)NCCN1C(=O)CNC1=O.I. The molecule has 1 atom stereocenters. The third-order valence-corrected chi connectivity index (χ3v) is 3.82. The number of nitrogens with one attached hydrogen (secondary N) is 3. The number of nitrogens with zero attached hydrogens (tertiary/aromatic N) is 2. The summed E-state index contributed by atoms with van der Waals surface area (Å²) in [4.78, 5) is 28.7. The molecule has 8 nitrogen and oxygen atoms in total.